The molecule has 18 heavy (non-hydrogen) atoms. The van der Waals surface area contributed by atoms with E-state index >= 15 is 0 Å². The molecule has 0 aromatic rings. The van der Waals surface area contributed by atoms with Gasteiger partial charge in [-0.3, -0.25) is 0 Å². The van der Waals surface area contributed by atoms with Crippen LogP contribution in [-0.4, -0.2) is 0 Å². The van der Waals surface area contributed by atoms with E-state index < -0.39 is 0 Å². The highest BCUT2D eigenvalue weighted by atomic mass is 14.5. The molecule has 106 valence electrons. The van der Waals surface area contributed by atoms with Gasteiger partial charge in [0.05, 0.1) is 0 Å². The summed E-state index contributed by atoms with van der Waals surface area (Å²) in [5.74, 6) is 7.20. The monoisotopic (exact) mass is 250 g/mol. The number of hydrogen-bond acceptors (Lipinski definition) is 0. The molecule has 0 heteroatoms. The van der Waals surface area contributed by atoms with Gasteiger partial charge in [-0.15, -0.1) is 0 Å². The Bertz CT molecular complexity index is 253. The lowest BCUT2D eigenvalue weighted by Crippen LogP contribution is -2.45. The number of rotatable bonds is 6. The van der Waals surface area contributed by atoms with E-state index in [-0.39, 0.29) is 0 Å². The van der Waals surface area contributed by atoms with Crippen LogP contribution in [0.2, 0.25) is 0 Å². The van der Waals surface area contributed by atoms with Crippen molar-refractivity contribution >= 4 is 0 Å². The van der Waals surface area contributed by atoms with Crippen molar-refractivity contribution in [3.63, 3.8) is 0 Å². The van der Waals surface area contributed by atoms with Crippen molar-refractivity contribution in [2.45, 2.75) is 73.1 Å². The van der Waals surface area contributed by atoms with Crippen LogP contribution in [0, 0.1) is 41.4 Å². The van der Waals surface area contributed by atoms with Gasteiger partial charge in [0.1, 0.15) is 0 Å². The lowest BCUT2D eigenvalue weighted by molar-refractivity contribution is -0.0325. The summed E-state index contributed by atoms with van der Waals surface area (Å²) >= 11 is 0. The first-order chi connectivity index (χ1) is 8.58. The Labute approximate surface area is 115 Å². The standard InChI is InChI=1S/C18H34/c1-6-15(7-2)11-17-13(4)10-18(17)14(5)16-9-8-12(16)3/h12-18H,6-11H2,1-5H3. The quantitative estimate of drug-likeness (QED) is 0.561. The maximum absolute atomic E-state index is 2.57. The van der Waals surface area contributed by atoms with Gasteiger partial charge >= 0.3 is 0 Å². The predicted molar refractivity (Wildman–Crippen MR) is 80.5 cm³/mol. The largest absolute Gasteiger partial charge is 0.0651 e. The molecule has 0 radical (unpaired) electrons. The summed E-state index contributed by atoms with van der Waals surface area (Å²) in [6, 6.07) is 0. The molecule has 0 spiro atoms. The van der Waals surface area contributed by atoms with Gasteiger partial charge in [0.25, 0.3) is 0 Å². The van der Waals surface area contributed by atoms with Crippen molar-refractivity contribution < 1.29 is 0 Å². The second-order valence-corrected chi connectivity index (χ2v) is 7.54. The molecule has 0 nitrogen and oxygen atoms in total. The maximum atomic E-state index is 2.57. The smallest absolute Gasteiger partial charge is 0.0352 e. The van der Waals surface area contributed by atoms with E-state index in [0.717, 1.165) is 41.4 Å². The van der Waals surface area contributed by atoms with Crippen LogP contribution >= 0.6 is 0 Å². The average molecular weight is 250 g/mol. The van der Waals surface area contributed by atoms with Crippen LogP contribution < -0.4 is 0 Å². The summed E-state index contributed by atoms with van der Waals surface area (Å²) in [5.41, 5.74) is 0. The van der Waals surface area contributed by atoms with Crippen molar-refractivity contribution in [1.29, 1.82) is 0 Å². The number of hydrogen-bond donors (Lipinski definition) is 0. The minimum Gasteiger partial charge on any atom is -0.0651 e. The lowest BCUT2D eigenvalue weighted by Gasteiger charge is -2.52. The van der Waals surface area contributed by atoms with Gasteiger partial charge in [0.2, 0.25) is 0 Å². The zero-order chi connectivity index (χ0) is 13.3. The molecule has 0 aliphatic heterocycles. The molecule has 0 bridgehead atoms. The predicted octanol–water partition coefficient (Wildman–Crippen LogP) is 5.77. The van der Waals surface area contributed by atoms with Gasteiger partial charge in [0, 0.05) is 0 Å². The van der Waals surface area contributed by atoms with E-state index in [1.165, 1.54) is 38.5 Å². The highest BCUT2D eigenvalue weighted by molar-refractivity contribution is 4.95. The molecule has 0 saturated heterocycles. The van der Waals surface area contributed by atoms with Crippen LogP contribution in [0.5, 0.6) is 0 Å². The Morgan fingerprint density at radius 2 is 1.61 bits per heavy atom. The van der Waals surface area contributed by atoms with Crippen LogP contribution in [-0.2, 0) is 0 Å². The van der Waals surface area contributed by atoms with Crippen molar-refractivity contribution in [2.75, 3.05) is 0 Å². The summed E-state index contributed by atoms with van der Waals surface area (Å²) in [6.07, 6.45) is 8.83. The SMILES string of the molecule is CCC(CC)CC1C(C)CC1C(C)C1CCC1C. The Hall–Kier alpha value is 0. The topological polar surface area (TPSA) is 0 Å². The van der Waals surface area contributed by atoms with Gasteiger partial charge in [-0.1, -0.05) is 53.9 Å². The van der Waals surface area contributed by atoms with E-state index in [1.807, 2.05) is 0 Å². The molecule has 0 amide bonds. The minimum absolute atomic E-state index is 0.992. The summed E-state index contributed by atoms with van der Waals surface area (Å²) in [6.45, 7) is 12.3. The van der Waals surface area contributed by atoms with Crippen LogP contribution in [0.3, 0.4) is 0 Å². The fraction of sp³-hybridized carbons (Fsp3) is 1.00. The minimum atomic E-state index is 0.992. The fourth-order valence-corrected chi connectivity index (χ4v) is 4.81. The third-order valence-corrected chi connectivity index (χ3v) is 6.72. The molecule has 0 heterocycles. The van der Waals surface area contributed by atoms with Crippen molar-refractivity contribution in [3.05, 3.63) is 0 Å². The van der Waals surface area contributed by atoms with Gasteiger partial charge in [-0.05, 0) is 60.7 Å². The molecule has 0 N–H and O–H groups in total. The third-order valence-electron chi connectivity index (χ3n) is 6.72. The van der Waals surface area contributed by atoms with Gasteiger partial charge in [-0.2, -0.15) is 0 Å². The summed E-state index contributed by atoms with van der Waals surface area (Å²) in [7, 11) is 0. The summed E-state index contributed by atoms with van der Waals surface area (Å²) in [4.78, 5) is 0. The van der Waals surface area contributed by atoms with Crippen LogP contribution in [0.15, 0.2) is 0 Å². The molecule has 2 aliphatic carbocycles. The second kappa shape index (κ2) is 5.97. The van der Waals surface area contributed by atoms with Crippen LogP contribution in [0.4, 0.5) is 0 Å². The molecule has 2 aliphatic rings. The normalized spacial score (nSPS) is 41.3. The zero-order valence-electron chi connectivity index (χ0n) is 13.3. The lowest BCUT2D eigenvalue weighted by atomic mass is 9.53. The highest BCUT2D eigenvalue weighted by Gasteiger charge is 2.45. The fourth-order valence-electron chi connectivity index (χ4n) is 4.81. The van der Waals surface area contributed by atoms with Gasteiger partial charge < -0.3 is 0 Å². The first kappa shape index (κ1) is 14.4. The van der Waals surface area contributed by atoms with Crippen LogP contribution in [0.25, 0.3) is 0 Å². The first-order valence-electron chi connectivity index (χ1n) is 8.58. The van der Waals surface area contributed by atoms with E-state index in [2.05, 4.69) is 34.6 Å². The van der Waals surface area contributed by atoms with Crippen molar-refractivity contribution in [2.24, 2.45) is 41.4 Å². The van der Waals surface area contributed by atoms with E-state index in [9.17, 15) is 0 Å². The highest BCUT2D eigenvalue weighted by Crippen LogP contribution is 2.53. The Morgan fingerprint density at radius 3 is 2.00 bits per heavy atom. The summed E-state index contributed by atoms with van der Waals surface area (Å²) < 4.78 is 0. The molecular formula is C18H34. The summed E-state index contributed by atoms with van der Waals surface area (Å²) in [5, 5.41) is 0. The molecule has 0 aromatic heterocycles. The zero-order valence-corrected chi connectivity index (χ0v) is 13.3. The molecule has 2 saturated carbocycles. The molecule has 0 aromatic carbocycles. The first-order valence-corrected chi connectivity index (χ1v) is 8.58. The molecular weight excluding hydrogens is 216 g/mol. The third kappa shape index (κ3) is 2.63. The Kier molecular flexibility index (Phi) is 4.78. The van der Waals surface area contributed by atoms with Crippen LogP contribution in [0.1, 0.15) is 73.1 Å². The van der Waals surface area contributed by atoms with E-state index in [0.29, 0.717) is 0 Å². The Morgan fingerprint density at radius 1 is 0.944 bits per heavy atom. The van der Waals surface area contributed by atoms with Gasteiger partial charge in [-0.25, -0.2) is 0 Å². The van der Waals surface area contributed by atoms with E-state index in [1.54, 1.807) is 0 Å². The average Bonchev–Trinajstić information content (AvgIpc) is 2.34. The molecule has 6 unspecified atom stereocenters. The molecule has 2 rings (SSSR count). The maximum Gasteiger partial charge on any atom is -0.0352 e. The van der Waals surface area contributed by atoms with Gasteiger partial charge in [0.15, 0.2) is 0 Å². The van der Waals surface area contributed by atoms with E-state index in [4.69, 9.17) is 0 Å². The van der Waals surface area contributed by atoms with Crippen molar-refractivity contribution in [3.8, 4) is 0 Å². The van der Waals surface area contributed by atoms with Crippen molar-refractivity contribution in [1.82, 2.24) is 0 Å². The Balaban J connectivity index is 1.88. The molecule has 2 fully saturated rings. The second-order valence-electron chi connectivity index (χ2n) is 7.54. The molecule has 6 atom stereocenters.